The first kappa shape index (κ1) is 21.2. The number of nitrogens with one attached hydrogen (secondary N) is 1. The highest BCUT2D eigenvalue weighted by Crippen LogP contribution is 2.38. The number of piperidine rings is 1. The van der Waals surface area contributed by atoms with Crippen molar-refractivity contribution >= 4 is 57.7 Å². The van der Waals surface area contributed by atoms with Gasteiger partial charge in [0.1, 0.15) is 5.04 Å². The lowest BCUT2D eigenvalue weighted by Gasteiger charge is -2.32. The van der Waals surface area contributed by atoms with Gasteiger partial charge in [0.05, 0.1) is 5.69 Å². The maximum atomic E-state index is 13.4. The number of aliphatic imine (C=N–C) groups is 1. The molecule has 30 heavy (non-hydrogen) atoms. The number of alkyl halides is 1. The fourth-order valence-electron chi connectivity index (χ4n) is 3.34. The zero-order chi connectivity index (χ0) is 21.1. The Kier molecular flexibility index (Phi) is 6.34. The fourth-order valence-corrected chi connectivity index (χ4v) is 4.83. The monoisotopic (exact) mass is 462 g/mol. The second-order valence-corrected chi connectivity index (χ2v) is 9.01. The van der Waals surface area contributed by atoms with Crippen molar-refractivity contribution in [2.45, 2.75) is 24.3 Å². The van der Waals surface area contributed by atoms with Crippen LogP contribution in [0.25, 0.3) is 0 Å². The van der Waals surface area contributed by atoms with E-state index in [1.54, 1.807) is 57.8 Å². The summed E-state index contributed by atoms with van der Waals surface area (Å²) in [6, 6.07) is 15.8. The van der Waals surface area contributed by atoms with Gasteiger partial charge in [-0.25, -0.2) is 9.41 Å². The van der Waals surface area contributed by atoms with Gasteiger partial charge in [-0.3, -0.25) is 9.59 Å². The molecule has 1 N–H and O–H groups in total. The van der Waals surface area contributed by atoms with Crippen molar-refractivity contribution in [2.75, 3.05) is 17.5 Å². The second kappa shape index (κ2) is 8.98. The van der Waals surface area contributed by atoms with Crippen LogP contribution in [0.15, 0.2) is 59.6 Å². The summed E-state index contributed by atoms with van der Waals surface area (Å²) < 4.78 is 1.64. The van der Waals surface area contributed by atoms with Crippen LogP contribution in [0.2, 0.25) is 5.02 Å². The van der Waals surface area contributed by atoms with Crippen molar-refractivity contribution in [3.05, 3.63) is 65.2 Å². The summed E-state index contributed by atoms with van der Waals surface area (Å²) in [5, 5.41) is 0.793. The Morgan fingerprint density at radius 3 is 2.33 bits per heavy atom. The average molecular weight is 463 g/mol. The lowest BCUT2D eigenvalue weighted by Crippen LogP contribution is -2.57. The van der Waals surface area contributed by atoms with E-state index in [1.165, 1.54) is 0 Å². The van der Waals surface area contributed by atoms with Gasteiger partial charge in [0, 0.05) is 35.6 Å². The molecule has 0 bridgehead atoms. The molecule has 0 spiro atoms. The quantitative estimate of drug-likeness (QED) is 0.413. The Labute approximate surface area is 189 Å². The summed E-state index contributed by atoms with van der Waals surface area (Å²) in [5.74, 6) is -0.748. The lowest BCUT2D eigenvalue weighted by molar-refractivity contribution is -0.133. The van der Waals surface area contributed by atoms with Crippen LogP contribution in [0.4, 0.5) is 5.69 Å². The van der Waals surface area contributed by atoms with Gasteiger partial charge in [-0.05, 0) is 55.7 Å². The van der Waals surface area contributed by atoms with Gasteiger partial charge in [0.2, 0.25) is 5.00 Å². The molecule has 1 unspecified atom stereocenters. The molecule has 0 aromatic heterocycles. The van der Waals surface area contributed by atoms with Crippen LogP contribution in [0, 0.1) is 0 Å². The van der Waals surface area contributed by atoms with Crippen LogP contribution in [0.3, 0.4) is 0 Å². The summed E-state index contributed by atoms with van der Waals surface area (Å²) in [6.07, 6.45) is 2.95. The molecular weight excluding hydrogens is 443 g/mol. The maximum absolute atomic E-state index is 13.4. The zero-order valence-corrected chi connectivity index (χ0v) is 18.4. The number of hydrogen-bond acceptors (Lipinski definition) is 5. The number of nitrogens with zero attached hydrogens (tertiary/aromatic N) is 3. The van der Waals surface area contributed by atoms with E-state index in [1.807, 2.05) is 6.07 Å². The molecule has 0 radical (unpaired) electrons. The summed E-state index contributed by atoms with van der Waals surface area (Å²) in [7, 11) is 0. The smallest absolute Gasteiger partial charge is 0.277 e. The Morgan fingerprint density at radius 2 is 1.67 bits per heavy atom. The molecule has 2 saturated heterocycles. The molecule has 2 heterocycles. The Hall–Kier alpha value is -2.06. The molecular formula is C21H20Cl2N4O2S. The number of hydrogen-bond donors (Lipinski definition) is 1. The van der Waals surface area contributed by atoms with Crippen LogP contribution in [0.5, 0.6) is 0 Å². The normalized spacial score (nSPS) is 23.1. The molecule has 2 aromatic rings. The van der Waals surface area contributed by atoms with E-state index in [4.69, 9.17) is 23.2 Å². The summed E-state index contributed by atoms with van der Waals surface area (Å²) >= 11 is 14.0. The minimum absolute atomic E-state index is 0.198. The van der Waals surface area contributed by atoms with E-state index in [-0.39, 0.29) is 11.0 Å². The minimum atomic E-state index is -1.65. The highest BCUT2D eigenvalue weighted by molar-refractivity contribution is 8.15. The van der Waals surface area contributed by atoms with Gasteiger partial charge in [-0.1, -0.05) is 41.4 Å². The fraction of sp³-hybridized carbons (Fsp3) is 0.286. The van der Waals surface area contributed by atoms with Crippen LogP contribution in [0.1, 0.15) is 29.6 Å². The molecule has 0 aliphatic carbocycles. The zero-order valence-electron chi connectivity index (χ0n) is 16.1. The Bertz CT molecular complexity index is 965. The third-order valence-electron chi connectivity index (χ3n) is 4.95. The van der Waals surface area contributed by atoms with Crippen molar-refractivity contribution in [1.82, 2.24) is 10.3 Å². The van der Waals surface area contributed by atoms with E-state index in [0.29, 0.717) is 23.7 Å². The standard InChI is InChI=1S/C21H20Cl2N4O2S/c22-16-9-11-17(12-10-16)27-25-21(23,20(29)26-13-5-2-6-14-26)19(30-27)24-18(28)15-7-3-1-4-8-15/h1,3-4,7-12,25H,2,5-6,13-14H2. The number of rotatable bonds is 3. The maximum Gasteiger partial charge on any atom is 0.277 e. The summed E-state index contributed by atoms with van der Waals surface area (Å²) in [4.78, 5) is 30.4. The predicted octanol–water partition coefficient (Wildman–Crippen LogP) is 4.50. The minimum Gasteiger partial charge on any atom is -0.340 e. The lowest BCUT2D eigenvalue weighted by atomic mass is 10.1. The van der Waals surface area contributed by atoms with E-state index >= 15 is 0 Å². The number of likely N-dealkylation sites (tertiary alicyclic amines) is 1. The third-order valence-corrected chi connectivity index (χ3v) is 6.80. The number of halogens is 2. The van der Waals surface area contributed by atoms with Gasteiger partial charge in [0.15, 0.2) is 0 Å². The second-order valence-electron chi connectivity index (χ2n) is 7.07. The van der Waals surface area contributed by atoms with E-state index in [2.05, 4.69) is 10.4 Å². The van der Waals surface area contributed by atoms with Gasteiger partial charge in [0.25, 0.3) is 11.8 Å². The van der Waals surface area contributed by atoms with Gasteiger partial charge < -0.3 is 4.90 Å². The molecule has 156 valence electrons. The van der Waals surface area contributed by atoms with E-state index in [9.17, 15) is 9.59 Å². The van der Waals surface area contributed by atoms with E-state index < -0.39 is 10.9 Å². The molecule has 4 rings (SSSR count). The summed E-state index contributed by atoms with van der Waals surface area (Å²) in [5.41, 5.74) is 4.22. The average Bonchev–Trinajstić information content (AvgIpc) is 3.12. The van der Waals surface area contributed by atoms with E-state index in [0.717, 1.165) is 36.9 Å². The molecule has 0 saturated carbocycles. The molecule has 1 atom stereocenters. The van der Waals surface area contributed by atoms with Crippen LogP contribution in [-0.2, 0) is 4.79 Å². The molecule has 2 aliphatic heterocycles. The van der Waals surface area contributed by atoms with Crippen molar-refractivity contribution in [3.8, 4) is 0 Å². The predicted molar refractivity (Wildman–Crippen MR) is 122 cm³/mol. The highest BCUT2D eigenvalue weighted by atomic mass is 35.5. The van der Waals surface area contributed by atoms with Crippen molar-refractivity contribution < 1.29 is 9.59 Å². The first-order chi connectivity index (χ1) is 14.5. The van der Waals surface area contributed by atoms with Crippen molar-refractivity contribution in [2.24, 2.45) is 4.99 Å². The molecule has 9 heteroatoms. The first-order valence-corrected chi connectivity index (χ1v) is 11.2. The van der Waals surface area contributed by atoms with Crippen LogP contribution in [-0.4, -0.2) is 39.8 Å². The number of hydrazine groups is 1. The van der Waals surface area contributed by atoms with Gasteiger partial charge in [-0.2, -0.15) is 5.43 Å². The van der Waals surface area contributed by atoms with Gasteiger partial charge >= 0.3 is 0 Å². The topological polar surface area (TPSA) is 65.0 Å². The molecule has 2 amide bonds. The number of amides is 2. The third kappa shape index (κ3) is 4.34. The first-order valence-electron chi connectivity index (χ1n) is 9.66. The largest absolute Gasteiger partial charge is 0.340 e. The molecule has 2 aromatic carbocycles. The van der Waals surface area contributed by atoms with Crippen molar-refractivity contribution in [1.29, 1.82) is 0 Å². The Balaban J connectivity index is 1.67. The molecule has 6 nitrogen and oxygen atoms in total. The number of carbonyl (C=O) groups excluding carboxylic acids is 2. The number of benzene rings is 2. The summed E-state index contributed by atoms with van der Waals surface area (Å²) in [6.45, 7) is 1.28. The number of carbonyl (C=O) groups is 2. The molecule has 2 fully saturated rings. The van der Waals surface area contributed by atoms with Crippen LogP contribution < -0.4 is 9.84 Å². The number of anilines is 1. The Morgan fingerprint density at radius 1 is 1.00 bits per heavy atom. The SMILES string of the molecule is O=C(N=C1SN(c2ccc(Cl)cc2)NC1(Cl)C(=O)N1CCCCC1)c1ccccc1. The van der Waals surface area contributed by atoms with Gasteiger partial charge in [-0.15, -0.1) is 0 Å². The highest BCUT2D eigenvalue weighted by Gasteiger charge is 2.52. The van der Waals surface area contributed by atoms with Crippen LogP contribution >= 0.6 is 35.1 Å². The van der Waals surface area contributed by atoms with Crippen molar-refractivity contribution in [3.63, 3.8) is 0 Å². The molecule has 2 aliphatic rings.